The Kier molecular flexibility index (Phi) is 10.2. The van der Waals surface area contributed by atoms with Crippen LogP contribution in [0.5, 0.6) is 5.75 Å². The van der Waals surface area contributed by atoms with Crippen molar-refractivity contribution in [2.75, 3.05) is 15.9 Å². The molecule has 3 atom stereocenters. The van der Waals surface area contributed by atoms with Crippen LogP contribution in [-0.2, 0) is 9.59 Å². The SMILES string of the molecule is C[C@@H]1C(=O)N(c2ccc(C#N)c3ccccc23)C(=O)[C@@]2(C)[C-](CCOc3ccc(F)cc3)CC[C-](C[I-]C#N)C12.[U+2]. The fraction of sp³-hybridized carbons (Fsp3) is 0.312. The fourth-order valence-electron chi connectivity index (χ4n) is 6.45. The van der Waals surface area contributed by atoms with Crippen LogP contribution in [0.3, 0.4) is 0 Å². The average Bonchev–Trinajstić information content (AvgIpc) is 2.97. The molecule has 2 aliphatic rings. The van der Waals surface area contributed by atoms with Crippen LogP contribution in [0.4, 0.5) is 10.1 Å². The van der Waals surface area contributed by atoms with Gasteiger partial charge < -0.3 is 0 Å². The van der Waals surface area contributed by atoms with Crippen LogP contribution in [0.1, 0.15) is 38.7 Å². The van der Waals surface area contributed by atoms with Crippen molar-refractivity contribution < 1.29 is 71.0 Å². The van der Waals surface area contributed by atoms with Crippen molar-refractivity contribution >= 4 is 28.3 Å². The number of carbonyl (C=O) groups is 2. The maximum atomic E-state index is 14.6. The number of hydrogen-bond acceptors (Lipinski definition) is 5. The van der Waals surface area contributed by atoms with Crippen LogP contribution >= 0.6 is 0 Å². The number of rotatable bonds is 7. The molecule has 1 aliphatic heterocycles. The minimum Gasteiger partial charge on any atom is 2.00 e. The summed E-state index contributed by atoms with van der Waals surface area (Å²) < 4.78 is 22.2. The number of carbonyl (C=O) groups excluding carboxylic acids is 2. The van der Waals surface area contributed by atoms with E-state index in [0.29, 0.717) is 51.6 Å². The number of piperidine rings is 1. The van der Waals surface area contributed by atoms with Crippen molar-refractivity contribution in [3.63, 3.8) is 0 Å². The summed E-state index contributed by atoms with van der Waals surface area (Å²) in [6.45, 7) is 4.15. The summed E-state index contributed by atoms with van der Waals surface area (Å²) >= 11 is -0.711. The van der Waals surface area contributed by atoms with E-state index in [1.165, 1.54) is 17.0 Å². The third-order valence-corrected chi connectivity index (χ3v) is 10.1. The zero-order valence-electron chi connectivity index (χ0n) is 22.8. The van der Waals surface area contributed by atoms with Gasteiger partial charge in [-0.15, -0.1) is 0 Å². The van der Waals surface area contributed by atoms with Crippen LogP contribution in [0, 0.1) is 86.7 Å². The number of ether oxygens (including phenoxy) is 1. The fourth-order valence-corrected chi connectivity index (χ4v) is 7.96. The summed E-state index contributed by atoms with van der Waals surface area (Å²) in [5.41, 5.74) is 0.00303. The van der Waals surface area contributed by atoms with Crippen LogP contribution in [0.2, 0.25) is 0 Å². The first-order valence-corrected chi connectivity index (χ1v) is 15.8. The van der Waals surface area contributed by atoms with Crippen molar-refractivity contribution in [2.24, 2.45) is 17.3 Å². The van der Waals surface area contributed by atoms with Gasteiger partial charge in [0.2, 0.25) is 0 Å². The molecule has 0 spiro atoms. The Balaban J connectivity index is 0.00000387. The van der Waals surface area contributed by atoms with E-state index in [-0.39, 0.29) is 54.7 Å². The molecule has 1 aliphatic carbocycles. The maximum Gasteiger partial charge on any atom is 2.00 e. The Hall–Kier alpha value is -2.45. The molecule has 1 saturated heterocycles. The predicted molar refractivity (Wildman–Crippen MR) is 145 cm³/mol. The molecule has 1 unspecified atom stereocenters. The van der Waals surface area contributed by atoms with Gasteiger partial charge >= 0.3 is 272 Å². The van der Waals surface area contributed by atoms with Crippen LogP contribution in [-0.4, -0.2) is 22.8 Å². The number of alkyl halides is 1. The first kappa shape index (κ1) is 31.5. The number of halogens is 2. The van der Waals surface area contributed by atoms with E-state index in [1.807, 2.05) is 38.1 Å². The van der Waals surface area contributed by atoms with E-state index < -0.39 is 32.5 Å². The van der Waals surface area contributed by atoms with Gasteiger partial charge in [-0.2, -0.15) is 0 Å². The predicted octanol–water partition coefficient (Wildman–Crippen LogP) is 2.96. The maximum absolute atomic E-state index is 14.6. The molecule has 3 aromatic rings. The molecular formula is C32H28FIN3O3U-. The number of imide groups is 1. The Morgan fingerprint density at radius 3 is 2.46 bits per heavy atom. The van der Waals surface area contributed by atoms with E-state index in [1.54, 1.807) is 24.3 Å². The standard InChI is InChI=1S/C32H28FIN3O3.U/c1-20-29-21(17-34-19-36)7-9-23(15-16-40-25-12-10-24(33)11-13-25)32(29,2)31(39)37(30(20)38)28-14-8-22(18-35)26-5-3-4-6-27(26)28;/h3-6,8,10-14,20,29H,7,9,15-17H2,1-2H3;/q-3;+2/t20-,29?,32-;/m0./s1. The Morgan fingerprint density at radius 2 is 1.78 bits per heavy atom. The van der Waals surface area contributed by atoms with Crippen molar-refractivity contribution in [2.45, 2.75) is 33.1 Å². The Labute approximate surface area is 273 Å². The number of hydrogen-bond donors (Lipinski definition) is 0. The van der Waals surface area contributed by atoms with Gasteiger partial charge in [-0.05, 0) is 0 Å². The van der Waals surface area contributed by atoms with Gasteiger partial charge in [-0.1, -0.05) is 0 Å². The number of fused-ring (bicyclic) bond motifs is 2. The van der Waals surface area contributed by atoms with Gasteiger partial charge in [0.15, 0.2) is 0 Å². The molecular weight excluding hydrogens is 858 g/mol. The summed E-state index contributed by atoms with van der Waals surface area (Å²) in [7, 11) is 0. The molecule has 6 nitrogen and oxygen atoms in total. The summed E-state index contributed by atoms with van der Waals surface area (Å²) in [6.07, 6.45) is 1.94. The topological polar surface area (TPSA) is 94.2 Å². The quantitative estimate of drug-likeness (QED) is 0.158. The second-order valence-corrected chi connectivity index (χ2v) is 12.4. The monoisotopic (exact) mass is 886 g/mol. The zero-order chi connectivity index (χ0) is 28.4. The zero-order valence-corrected chi connectivity index (χ0v) is 29.1. The molecule has 41 heavy (non-hydrogen) atoms. The van der Waals surface area contributed by atoms with Crippen molar-refractivity contribution in [3.8, 4) is 15.9 Å². The third kappa shape index (κ3) is 5.79. The van der Waals surface area contributed by atoms with Gasteiger partial charge in [0.25, 0.3) is 0 Å². The van der Waals surface area contributed by atoms with Gasteiger partial charge in [0.05, 0.1) is 0 Å². The third-order valence-electron chi connectivity index (χ3n) is 8.35. The summed E-state index contributed by atoms with van der Waals surface area (Å²) in [6, 6.07) is 18.7. The molecule has 0 aromatic heterocycles. The van der Waals surface area contributed by atoms with Crippen LogP contribution in [0.25, 0.3) is 10.8 Å². The van der Waals surface area contributed by atoms with E-state index in [2.05, 4.69) is 10.1 Å². The smallest absolute Gasteiger partial charge is 2.00 e. The Morgan fingerprint density at radius 1 is 1.07 bits per heavy atom. The van der Waals surface area contributed by atoms with Crippen molar-refractivity contribution in [1.82, 2.24) is 0 Å². The number of anilines is 1. The normalized spacial score (nSPS) is 23.0. The van der Waals surface area contributed by atoms with Crippen molar-refractivity contribution in [3.05, 3.63) is 83.9 Å². The van der Waals surface area contributed by atoms with Crippen molar-refractivity contribution in [1.29, 1.82) is 10.5 Å². The number of nitrogens with zero attached hydrogens (tertiary/aromatic N) is 3. The summed E-state index contributed by atoms with van der Waals surface area (Å²) in [4.78, 5) is 29.9. The number of benzene rings is 3. The first-order valence-electron chi connectivity index (χ1n) is 13.2. The van der Waals surface area contributed by atoms with Crippen LogP contribution < -0.4 is 30.8 Å². The molecule has 1 heterocycles. The molecule has 9 heteroatoms. The summed E-state index contributed by atoms with van der Waals surface area (Å²) in [5, 5.41) is 20.3. The van der Waals surface area contributed by atoms with E-state index in [9.17, 15) is 24.5 Å². The molecule has 3 aromatic carbocycles. The van der Waals surface area contributed by atoms with E-state index >= 15 is 0 Å². The molecule has 0 bridgehead atoms. The minimum absolute atomic E-state index is 0. The molecule has 208 valence electrons. The van der Waals surface area contributed by atoms with E-state index in [4.69, 9.17) is 4.74 Å². The average molecular weight is 887 g/mol. The second kappa shape index (κ2) is 13.2. The molecule has 0 radical (unpaired) electrons. The largest absolute Gasteiger partial charge is 2.00 e. The molecule has 5 rings (SSSR count). The molecule has 1 saturated carbocycles. The first-order chi connectivity index (χ1) is 19.3. The molecule has 2 amide bonds. The number of amides is 2. The minimum atomic E-state index is -0.957. The molecule has 2 fully saturated rings. The van der Waals surface area contributed by atoms with Crippen LogP contribution in [0.15, 0.2) is 60.7 Å². The summed E-state index contributed by atoms with van der Waals surface area (Å²) in [5.74, 6) is 1.06. The second-order valence-electron chi connectivity index (χ2n) is 10.4. The van der Waals surface area contributed by atoms with E-state index in [0.717, 1.165) is 18.3 Å². The van der Waals surface area contributed by atoms with Gasteiger partial charge in [0, 0.05) is 0 Å². The van der Waals surface area contributed by atoms with Gasteiger partial charge in [0.1, 0.15) is 0 Å². The van der Waals surface area contributed by atoms with Gasteiger partial charge in [-0.25, -0.2) is 4.39 Å². The number of nitriles is 2. The molecule has 0 N–H and O–H groups in total. The van der Waals surface area contributed by atoms with Gasteiger partial charge in [-0.3, -0.25) is 0 Å². The Bertz CT molecular complexity index is 1540.